The van der Waals surface area contributed by atoms with Crippen LogP contribution in [0, 0.1) is 6.92 Å². The molecule has 2 heterocycles. The second-order valence-corrected chi connectivity index (χ2v) is 5.07. The number of aromatic nitrogens is 3. The summed E-state index contributed by atoms with van der Waals surface area (Å²) in [6, 6.07) is 1.83. The van der Waals surface area contributed by atoms with E-state index in [0.29, 0.717) is 12.5 Å². The molecule has 2 rings (SSSR count). The Labute approximate surface area is 117 Å². The molecule has 0 saturated heterocycles. The summed E-state index contributed by atoms with van der Waals surface area (Å²) in [7, 11) is 0. The lowest BCUT2D eigenvalue weighted by Crippen LogP contribution is -2.05. The maximum Gasteiger partial charge on any atom is 0.218 e. The third-order valence-corrected chi connectivity index (χ3v) is 3.62. The number of rotatable bonds is 7. The zero-order valence-electron chi connectivity index (χ0n) is 11.2. The van der Waals surface area contributed by atoms with E-state index < -0.39 is 0 Å². The summed E-state index contributed by atoms with van der Waals surface area (Å²) in [5.74, 6) is 1.41. The molecule has 0 aliphatic rings. The summed E-state index contributed by atoms with van der Waals surface area (Å²) in [4.78, 5) is 13.7. The molecule has 19 heavy (non-hydrogen) atoms. The Kier molecular flexibility index (Phi) is 5.09. The quantitative estimate of drug-likeness (QED) is 0.843. The Hall–Kier alpha value is -1.69. The molecule has 0 saturated carbocycles. The fourth-order valence-corrected chi connectivity index (χ4v) is 2.35. The van der Waals surface area contributed by atoms with Gasteiger partial charge in [-0.15, -0.1) is 11.3 Å². The molecule has 102 valence electrons. The number of hydrogen-bond acceptors (Lipinski definition) is 6. The molecule has 0 radical (unpaired) electrons. The number of thiazole rings is 1. The van der Waals surface area contributed by atoms with Gasteiger partial charge in [0.05, 0.1) is 17.8 Å². The van der Waals surface area contributed by atoms with Crippen molar-refractivity contribution in [2.45, 2.75) is 26.7 Å². The lowest BCUT2D eigenvalue weighted by molar-refractivity contribution is 0.310. The topological polar surface area (TPSA) is 59.9 Å². The van der Waals surface area contributed by atoms with Crippen LogP contribution in [0.25, 0.3) is 0 Å². The van der Waals surface area contributed by atoms with Gasteiger partial charge in [-0.2, -0.15) is 0 Å². The second-order valence-electron chi connectivity index (χ2n) is 4.13. The fraction of sp³-hybridized carbons (Fsp3) is 0.462. The first-order chi connectivity index (χ1) is 9.29. The molecule has 5 nitrogen and oxygen atoms in total. The zero-order chi connectivity index (χ0) is 13.5. The minimum absolute atomic E-state index is 0.604. The lowest BCUT2D eigenvalue weighted by atomic mass is 10.3. The molecular formula is C13H18N4OS. The molecule has 0 aromatic carbocycles. The molecule has 0 spiro atoms. The highest BCUT2D eigenvalue weighted by Gasteiger charge is 2.03. The van der Waals surface area contributed by atoms with E-state index in [2.05, 4.69) is 27.2 Å². The fourth-order valence-electron chi connectivity index (χ4n) is 1.58. The van der Waals surface area contributed by atoms with Crippen LogP contribution in [-0.4, -0.2) is 28.1 Å². The molecule has 2 aromatic rings. The Morgan fingerprint density at radius 3 is 2.95 bits per heavy atom. The van der Waals surface area contributed by atoms with Crippen molar-refractivity contribution in [2.75, 3.05) is 18.5 Å². The molecule has 0 unspecified atom stereocenters. The number of anilines is 1. The van der Waals surface area contributed by atoms with Crippen LogP contribution in [0.4, 0.5) is 5.82 Å². The van der Waals surface area contributed by atoms with Gasteiger partial charge < -0.3 is 10.1 Å². The van der Waals surface area contributed by atoms with E-state index in [1.54, 1.807) is 11.3 Å². The van der Waals surface area contributed by atoms with Crippen LogP contribution >= 0.6 is 11.3 Å². The average Bonchev–Trinajstić information content (AvgIpc) is 2.83. The van der Waals surface area contributed by atoms with E-state index in [4.69, 9.17) is 4.74 Å². The molecule has 0 aliphatic heterocycles. The SMILES string of the molecule is CCCNc1cc(OCCc2scnc2C)ncn1. The highest BCUT2D eigenvalue weighted by Crippen LogP contribution is 2.15. The molecule has 0 amide bonds. The number of ether oxygens (including phenoxy) is 1. The summed E-state index contributed by atoms with van der Waals surface area (Å²) < 4.78 is 5.64. The van der Waals surface area contributed by atoms with Crippen molar-refractivity contribution in [2.24, 2.45) is 0 Å². The van der Waals surface area contributed by atoms with Gasteiger partial charge >= 0.3 is 0 Å². The zero-order valence-corrected chi connectivity index (χ0v) is 12.0. The van der Waals surface area contributed by atoms with E-state index in [-0.39, 0.29) is 0 Å². The molecule has 0 aliphatic carbocycles. The van der Waals surface area contributed by atoms with Gasteiger partial charge in [-0.05, 0) is 13.3 Å². The van der Waals surface area contributed by atoms with Crippen molar-refractivity contribution in [1.29, 1.82) is 0 Å². The number of hydrogen-bond donors (Lipinski definition) is 1. The van der Waals surface area contributed by atoms with Gasteiger partial charge in [0.2, 0.25) is 5.88 Å². The summed E-state index contributed by atoms with van der Waals surface area (Å²) in [5, 5.41) is 3.21. The highest BCUT2D eigenvalue weighted by atomic mass is 32.1. The van der Waals surface area contributed by atoms with Gasteiger partial charge in [-0.25, -0.2) is 15.0 Å². The van der Waals surface area contributed by atoms with Gasteiger partial charge in [-0.3, -0.25) is 0 Å². The minimum Gasteiger partial charge on any atom is -0.477 e. The maximum atomic E-state index is 5.64. The standard InChI is InChI=1S/C13H18N4OS/c1-3-5-14-12-7-13(16-8-15-12)18-6-4-11-10(2)17-9-19-11/h7-9H,3-6H2,1-2H3,(H,14,15,16). The number of aryl methyl sites for hydroxylation is 1. The summed E-state index contributed by atoms with van der Waals surface area (Å²) in [6.45, 7) is 5.63. The molecule has 6 heteroatoms. The van der Waals surface area contributed by atoms with Crippen LogP contribution in [0.3, 0.4) is 0 Å². The first-order valence-electron chi connectivity index (χ1n) is 6.37. The van der Waals surface area contributed by atoms with Crippen molar-refractivity contribution in [3.05, 3.63) is 28.5 Å². The first kappa shape index (κ1) is 13.7. The van der Waals surface area contributed by atoms with Crippen LogP contribution in [0.2, 0.25) is 0 Å². The molecule has 0 bridgehead atoms. The van der Waals surface area contributed by atoms with E-state index in [1.807, 2.05) is 18.5 Å². The van der Waals surface area contributed by atoms with Gasteiger partial charge in [0, 0.05) is 23.9 Å². The molecule has 2 aromatic heterocycles. The maximum absolute atomic E-state index is 5.64. The Morgan fingerprint density at radius 2 is 2.21 bits per heavy atom. The Bertz CT molecular complexity index is 515. The predicted octanol–water partition coefficient (Wildman–Crippen LogP) is 2.68. The van der Waals surface area contributed by atoms with Gasteiger partial charge in [0.1, 0.15) is 12.1 Å². The van der Waals surface area contributed by atoms with Crippen molar-refractivity contribution in [3.8, 4) is 5.88 Å². The number of nitrogens with one attached hydrogen (secondary N) is 1. The van der Waals surface area contributed by atoms with E-state index in [0.717, 1.165) is 30.9 Å². The monoisotopic (exact) mass is 278 g/mol. The minimum atomic E-state index is 0.604. The Morgan fingerprint density at radius 1 is 1.32 bits per heavy atom. The van der Waals surface area contributed by atoms with Crippen LogP contribution in [0.15, 0.2) is 17.9 Å². The van der Waals surface area contributed by atoms with Crippen LogP contribution in [0.1, 0.15) is 23.9 Å². The van der Waals surface area contributed by atoms with Crippen LogP contribution in [0.5, 0.6) is 5.88 Å². The molecular weight excluding hydrogens is 260 g/mol. The normalized spacial score (nSPS) is 10.4. The summed E-state index contributed by atoms with van der Waals surface area (Å²) in [6.07, 6.45) is 3.44. The lowest BCUT2D eigenvalue weighted by Gasteiger charge is -2.07. The van der Waals surface area contributed by atoms with Gasteiger partial charge in [0.15, 0.2) is 0 Å². The van der Waals surface area contributed by atoms with E-state index in [1.165, 1.54) is 11.2 Å². The van der Waals surface area contributed by atoms with E-state index >= 15 is 0 Å². The molecule has 0 atom stereocenters. The largest absolute Gasteiger partial charge is 0.477 e. The first-order valence-corrected chi connectivity index (χ1v) is 7.25. The molecule has 0 fully saturated rings. The van der Waals surface area contributed by atoms with Crippen LogP contribution < -0.4 is 10.1 Å². The highest BCUT2D eigenvalue weighted by molar-refractivity contribution is 7.09. The third kappa shape index (κ3) is 4.17. The van der Waals surface area contributed by atoms with E-state index in [9.17, 15) is 0 Å². The van der Waals surface area contributed by atoms with Crippen molar-refractivity contribution in [3.63, 3.8) is 0 Å². The second kappa shape index (κ2) is 7.04. The van der Waals surface area contributed by atoms with Crippen LogP contribution in [-0.2, 0) is 6.42 Å². The average molecular weight is 278 g/mol. The summed E-state index contributed by atoms with van der Waals surface area (Å²) in [5.41, 5.74) is 2.95. The smallest absolute Gasteiger partial charge is 0.218 e. The van der Waals surface area contributed by atoms with Crippen molar-refractivity contribution in [1.82, 2.24) is 15.0 Å². The van der Waals surface area contributed by atoms with Gasteiger partial charge in [-0.1, -0.05) is 6.92 Å². The van der Waals surface area contributed by atoms with Crippen molar-refractivity contribution >= 4 is 17.2 Å². The van der Waals surface area contributed by atoms with Crippen molar-refractivity contribution < 1.29 is 4.74 Å². The Balaban J connectivity index is 1.84. The summed E-state index contributed by atoms with van der Waals surface area (Å²) >= 11 is 1.66. The third-order valence-electron chi connectivity index (χ3n) is 2.62. The molecule has 1 N–H and O–H groups in total. The number of nitrogens with zero attached hydrogens (tertiary/aromatic N) is 3. The van der Waals surface area contributed by atoms with Gasteiger partial charge in [0.25, 0.3) is 0 Å². The predicted molar refractivity (Wildman–Crippen MR) is 76.9 cm³/mol.